The molecule has 0 heterocycles. The molecular formula is C4F7LiO4S. The average molecular weight is 284 g/mol. The summed E-state index contributed by atoms with van der Waals surface area (Å²) in [6.07, 6.45) is -9.79. The zero-order valence-corrected chi connectivity index (χ0v) is 8.50. The van der Waals surface area contributed by atoms with Crippen LogP contribution in [0.15, 0.2) is 12.1 Å². The van der Waals surface area contributed by atoms with E-state index in [1.54, 1.807) is 0 Å². The molecule has 0 saturated heterocycles. The fourth-order valence-corrected chi connectivity index (χ4v) is 0.689. The van der Waals surface area contributed by atoms with E-state index in [9.17, 15) is 43.7 Å². The Morgan fingerprint density at radius 2 is 1.41 bits per heavy atom. The molecule has 0 N–H and O–H groups in total. The number of alkyl halides is 4. The Labute approximate surface area is 101 Å². The molecule has 0 spiro atoms. The standard InChI is InChI=1S/C4HF7O4S.Li/c5-1(6)2(7)15-3(8,9)4(10,11)16(12,13)14;/h(H,12,13,14);/q;+1/p-1. The number of ether oxygens (including phenoxy) is 1. The Hall–Kier alpha value is -0.443. The first-order valence-electron chi connectivity index (χ1n) is 2.94. The normalized spacial score (nSPS) is 12.7. The van der Waals surface area contributed by atoms with Gasteiger partial charge >= 0.3 is 42.3 Å². The van der Waals surface area contributed by atoms with Crippen LogP contribution in [0.2, 0.25) is 0 Å². The van der Waals surface area contributed by atoms with Gasteiger partial charge in [-0.25, -0.2) is 8.42 Å². The Balaban J connectivity index is 0. The third-order valence-electron chi connectivity index (χ3n) is 1.02. The van der Waals surface area contributed by atoms with Crippen molar-refractivity contribution in [1.82, 2.24) is 0 Å². The Morgan fingerprint density at radius 3 is 1.65 bits per heavy atom. The maximum atomic E-state index is 12.1. The molecule has 0 aliphatic heterocycles. The van der Waals surface area contributed by atoms with Crippen LogP contribution in [0.1, 0.15) is 0 Å². The average Bonchev–Trinajstić information content (AvgIpc) is 2.00. The monoisotopic (exact) mass is 284 g/mol. The van der Waals surface area contributed by atoms with Gasteiger partial charge in [-0.15, -0.1) is 0 Å². The largest absolute Gasteiger partial charge is 1.00 e. The zero-order chi connectivity index (χ0) is 13.4. The first kappa shape index (κ1) is 18.9. The molecule has 0 saturated carbocycles. The van der Waals surface area contributed by atoms with Gasteiger partial charge in [-0.2, -0.15) is 30.7 Å². The predicted molar refractivity (Wildman–Crippen MR) is 31.0 cm³/mol. The van der Waals surface area contributed by atoms with Gasteiger partial charge in [-0.1, -0.05) is 0 Å². The number of rotatable bonds is 4. The molecule has 0 amide bonds. The van der Waals surface area contributed by atoms with Crippen molar-refractivity contribution >= 4 is 10.1 Å². The van der Waals surface area contributed by atoms with Gasteiger partial charge in [-0.3, -0.25) is 0 Å². The van der Waals surface area contributed by atoms with E-state index in [0.717, 1.165) is 0 Å². The maximum Gasteiger partial charge on any atom is 1.00 e. The van der Waals surface area contributed by atoms with Crippen LogP contribution >= 0.6 is 0 Å². The van der Waals surface area contributed by atoms with Gasteiger partial charge in [0.15, 0.2) is 10.1 Å². The zero-order valence-electron chi connectivity index (χ0n) is 7.69. The summed E-state index contributed by atoms with van der Waals surface area (Å²) in [6.45, 7) is 0. The van der Waals surface area contributed by atoms with E-state index in [1.165, 1.54) is 0 Å². The van der Waals surface area contributed by atoms with Gasteiger partial charge in [0.25, 0.3) is 0 Å². The number of hydrogen-bond donors (Lipinski definition) is 0. The topological polar surface area (TPSA) is 66.4 Å². The van der Waals surface area contributed by atoms with Crippen LogP contribution in [0.4, 0.5) is 30.7 Å². The van der Waals surface area contributed by atoms with Crippen molar-refractivity contribution in [2.45, 2.75) is 11.4 Å². The summed E-state index contributed by atoms with van der Waals surface area (Å²) in [4.78, 5) is 0. The molecule has 4 nitrogen and oxygen atoms in total. The van der Waals surface area contributed by atoms with Crippen LogP contribution in [-0.4, -0.2) is 24.3 Å². The van der Waals surface area contributed by atoms with E-state index in [-0.39, 0.29) is 18.9 Å². The molecule has 0 aromatic rings. The first-order chi connectivity index (χ1) is 6.83. The van der Waals surface area contributed by atoms with Crippen molar-refractivity contribution in [1.29, 1.82) is 0 Å². The molecule has 0 unspecified atom stereocenters. The second-order valence-electron chi connectivity index (χ2n) is 2.12. The number of hydrogen-bond acceptors (Lipinski definition) is 4. The maximum absolute atomic E-state index is 12.1. The number of halogens is 7. The van der Waals surface area contributed by atoms with Crippen molar-refractivity contribution in [2.75, 3.05) is 0 Å². The first-order valence-corrected chi connectivity index (χ1v) is 4.34. The fraction of sp³-hybridized carbons (Fsp3) is 0.500. The summed E-state index contributed by atoms with van der Waals surface area (Å²) in [7, 11) is -6.92. The molecule has 0 fully saturated rings. The van der Waals surface area contributed by atoms with Crippen LogP contribution in [0.25, 0.3) is 0 Å². The van der Waals surface area contributed by atoms with Crippen molar-refractivity contribution in [2.24, 2.45) is 0 Å². The second-order valence-corrected chi connectivity index (χ2v) is 3.54. The van der Waals surface area contributed by atoms with Gasteiger partial charge in [0.2, 0.25) is 0 Å². The minimum absolute atomic E-state index is 0. The Bertz CT molecular complexity index is 400. The molecule has 13 heteroatoms. The second kappa shape index (κ2) is 5.47. The van der Waals surface area contributed by atoms with Crippen molar-refractivity contribution in [3.8, 4) is 0 Å². The van der Waals surface area contributed by atoms with Gasteiger partial charge in [0, 0.05) is 0 Å². The van der Waals surface area contributed by atoms with E-state index in [1.807, 2.05) is 0 Å². The summed E-state index contributed by atoms with van der Waals surface area (Å²) in [5.41, 5.74) is 0. The molecule has 0 radical (unpaired) electrons. The van der Waals surface area contributed by atoms with Crippen molar-refractivity contribution in [3.05, 3.63) is 12.1 Å². The summed E-state index contributed by atoms with van der Waals surface area (Å²) < 4.78 is 114. The molecule has 0 rings (SSSR count). The van der Waals surface area contributed by atoms with Gasteiger partial charge < -0.3 is 9.29 Å². The van der Waals surface area contributed by atoms with Crippen LogP contribution in [0.3, 0.4) is 0 Å². The van der Waals surface area contributed by atoms with Crippen LogP contribution in [0.5, 0.6) is 0 Å². The molecule has 0 aliphatic carbocycles. The quantitative estimate of drug-likeness (QED) is 0.281. The van der Waals surface area contributed by atoms with E-state index in [2.05, 4.69) is 4.74 Å². The van der Waals surface area contributed by atoms with Crippen molar-refractivity contribution < 1.29 is 67.3 Å². The van der Waals surface area contributed by atoms with E-state index in [0.29, 0.717) is 0 Å². The fourth-order valence-electron chi connectivity index (χ4n) is 0.356. The van der Waals surface area contributed by atoms with Gasteiger partial charge in [0.1, 0.15) is 0 Å². The van der Waals surface area contributed by atoms with E-state index < -0.39 is 33.6 Å². The summed E-state index contributed by atoms with van der Waals surface area (Å²) in [6, 6.07) is -3.42. The van der Waals surface area contributed by atoms with E-state index >= 15 is 0 Å². The van der Waals surface area contributed by atoms with E-state index in [4.69, 9.17) is 0 Å². The Kier molecular flexibility index (Phi) is 6.08. The molecule has 17 heavy (non-hydrogen) atoms. The third kappa shape index (κ3) is 4.05. The van der Waals surface area contributed by atoms with Crippen LogP contribution < -0.4 is 18.9 Å². The molecule has 0 aliphatic rings. The molecular weight excluding hydrogens is 284 g/mol. The van der Waals surface area contributed by atoms with Crippen molar-refractivity contribution in [3.63, 3.8) is 0 Å². The predicted octanol–water partition coefficient (Wildman–Crippen LogP) is -1.23. The molecule has 0 aromatic carbocycles. The molecule has 0 aromatic heterocycles. The SMILES string of the molecule is O=S(=O)([O-])C(F)(F)C(F)(F)OC(F)=C(F)F.[Li+]. The summed E-state index contributed by atoms with van der Waals surface area (Å²) >= 11 is 0. The minimum atomic E-state index is -6.92. The Morgan fingerprint density at radius 1 is 1.06 bits per heavy atom. The van der Waals surface area contributed by atoms with Crippen LogP contribution in [-0.2, 0) is 14.9 Å². The summed E-state index contributed by atoms with van der Waals surface area (Å²) in [5, 5.41) is -6.40. The van der Waals surface area contributed by atoms with Crippen LogP contribution in [0, 0.1) is 0 Å². The minimum Gasteiger partial charge on any atom is -0.743 e. The molecule has 0 atom stereocenters. The smallest absolute Gasteiger partial charge is 0.743 e. The van der Waals surface area contributed by atoms with Gasteiger partial charge in [-0.05, 0) is 0 Å². The summed E-state index contributed by atoms with van der Waals surface area (Å²) in [5.74, 6) is 0. The molecule has 0 bridgehead atoms. The van der Waals surface area contributed by atoms with Gasteiger partial charge in [0.05, 0.1) is 0 Å². The molecule has 96 valence electrons. The third-order valence-corrected chi connectivity index (χ3v) is 1.88.